The van der Waals surface area contributed by atoms with Gasteiger partial charge in [0.15, 0.2) is 0 Å². The van der Waals surface area contributed by atoms with Crippen LogP contribution < -0.4 is 10.6 Å². The van der Waals surface area contributed by atoms with Crippen LogP contribution in [0.25, 0.3) is 11.1 Å². The standard InChI is InChI=1S/C42H52N6O6S2/c1-3-29-55(51,52)46-25-21-44(22-26-46)31-33-5-17-39(18-6-33)48(42(50)38-15-11-36(12-16-38)35-9-13-37(14-10-35)41(43)49)40-19-7-34(8-20-40)32-45-23-27-47(28-24-45)56(53,54)30-4-2/h5-20H,3-4,21-32H2,1-2H3,(H2,43,49). The molecule has 0 aromatic heterocycles. The third-order valence-electron chi connectivity index (χ3n) is 10.4. The molecule has 14 heteroatoms. The molecule has 4 aromatic carbocycles. The van der Waals surface area contributed by atoms with E-state index in [0.29, 0.717) is 101 Å². The lowest BCUT2D eigenvalue weighted by molar-refractivity contribution is 0.0991. The molecule has 0 unspecified atom stereocenters. The highest BCUT2D eigenvalue weighted by Gasteiger charge is 2.28. The lowest BCUT2D eigenvalue weighted by Gasteiger charge is -2.34. The highest BCUT2D eigenvalue weighted by molar-refractivity contribution is 7.89. The Bertz CT molecular complexity index is 2060. The van der Waals surface area contributed by atoms with Gasteiger partial charge in [0.1, 0.15) is 0 Å². The van der Waals surface area contributed by atoms with Crippen LogP contribution in [0.4, 0.5) is 11.4 Å². The van der Waals surface area contributed by atoms with Crippen molar-refractivity contribution in [3.8, 4) is 11.1 Å². The molecular weight excluding hydrogens is 749 g/mol. The maximum atomic E-state index is 14.4. The van der Waals surface area contributed by atoms with Crippen LogP contribution in [0.1, 0.15) is 58.5 Å². The number of nitrogens with zero attached hydrogens (tertiary/aromatic N) is 5. The first-order valence-electron chi connectivity index (χ1n) is 19.3. The Labute approximate surface area is 331 Å². The van der Waals surface area contributed by atoms with Crippen LogP contribution in [0.15, 0.2) is 97.1 Å². The molecule has 6 rings (SSSR count). The quantitative estimate of drug-likeness (QED) is 0.174. The van der Waals surface area contributed by atoms with Gasteiger partial charge in [-0.15, -0.1) is 0 Å². The van der Waals surface area contributed by atoms with Crippen LogP contribution in [0.3, 0.4) is 0 Å². The first-order chi connectivity index (χ1) is 26.9. The minimum absolute atomic E-state index is 0.174. The van der Waals surface area contributed by atoms with Crippen molar-refractivity contribution in [2.24, 2.45) is 5.73 Å². The van der Waals surface area contributed by atoms with Crippen LogP contribution >= 0.6 is 0 Å². The zero-order valence-corrected chi connectivity index (χ0v) is 33.8. The van der Waals surface area contributed by atoms with Gasteiger partial charge in [0, 0.05) is 87.9 Å². The van der Waals surface area contributed by atoms with Gasteiger partial charge in [0.2, 0.25) is 26.0 Å². The molecule has 2 amide bonds. The summed E-state index contributed by atoms with van der Waals surface area (Å²) in [6.45, 7) is 9.63. The number of piperazine rings is 2. The maximum Gasteiger partial charge on any atom is 0.262 e. The molecule has 2 aliphatic heterocycles. The van der Waals surface area contributed by atoms with E-state index in [9.17, 15) is 26.4 Å². The highest BCUT2D eigenvalue weighted by Crippen LogP contribution is 2.30. The Morgan fingerprint density at radius 1 is 0.536 bits per heavy atom. The third kappa shape index (κ3) is 10.1. The van der Waals surface area contributed by atoms with Crippen LogP contribution in [-0.4, -0.2) is 111 Å². The first kappa shape index (κ1) is 41.2. The molecule has 2 N–H and O–H groups in total. The van der Waals surface area contributed by atoms with Gasteiger partial charge >= 0.3 is 0 Å². The monoisotopic (exact) mass is 800 g/mol. The Kier molecular flexibility index (Phi) is 13.4. The van der Waals surface area contributed by atoms with Crippen molar-refractivity contribution in [1.29, 1.82) is 0 Å². The van der Waals surface area contributed by atoms with E-state index in [0.717, 1.165) is 22.3 Å². The van der Waals surface area contributed by atoms with Crippen LogP contribution in [-0.2, 0) is 33.1 Å². The number of hydrogen-bond donors (Lipinski definition) is 1. The molecule has 0 atom stereocenters. The SMILES string of the molecule is CCCS(=O)(=O)N1CCN(Cc2ccc(N(C(=O)c3ccc(-c4ccc(C(N)=O)cc4)cc3)c3ccc(CN4CCN(S(=O)(=O)CCC)CC4)cc3)cc2)CC1. The molecule has 0 radical (unpaired) electrons. The molecule has 298 valence electrons. The van der Waals surface area contributed by atoms with E-state index in [1.807, 2.05) is 86.6 Å². The fourth-order valence-electron chi connectivity index (χ4n) is 7.27. The van der Waals surface area contributed by atoms with Crippen molar-refractivity contribution in [1.82, 2.24) is 18.4 Å². The Morgan fingerprint density at radius 2 is 0.893 bits per heavy atom. The second-order valence-corrected chi connectivity index (χ2v) is 18.7. The van der Waals surface area contributed by atoms with E-state index >= 15 is 0 Å². The summed E-state index contributed by atoms with van der Waals surface area (Å²) in [5, 5.41) is 0. The molecule has 12 nitrogen and oxygen atoms in total. The minimum atomic E-state index is -3.21. The average Bonchev–Trinajstić information content (AvgIpc) is 3.20. The summed E-state index contributed by atoms with van der Waals surface area (Å²) in [6.07, 6.45) is 1.20. The van der Waals surface area contributed by atoms with Crippen molar-refractivity contribution in [2.45, 2.75) is 39.8 Å². The summed E-state index contributed by atoms with van der Waals surface area (Å²) < 4.78 is 53.4. The van der Waals surface area contributed by atoms with Gasteiger partial charge in [-0.1, -0.05) is 62.4 Å². The number of rotatable bonds is 15. The molecule has 2 saturated heterocycles. The molecule has 0 aliphatic carbocycles. The largest absolute Gasteiger partial charge is 0.366 e. The molecule has 0 spiro atoms. The second-order valence-electron chi connectivity index (χ2n) is 14.5. The maximum absolute atomic E-state index is 14.4. The normalized spacial score (nSPS) is 16.5. The Morgan fingerprint density at radius 3 is 1.23 bits per heavy atom. The second kappa shape index (κ2) is 18.2. The fourth-order valence-corrected chi connectivity index (χ4v) is 10.3. The minimum Gasteiger partial charge on any atom is -0.366 e. The molecular formula is C42H52N6O6S2. The van der Waals surface area contributed by atoms with E-state index in [2.05, 4.69) is 9.80 Å². The van der Waals surface area contributed by atoms with E-state index in [1.165, 1.54) is 0 Å². The van der Waals surface area contributed by atoms with Crippen LogP contribution in [0.5, 0.6) is 0 Å². The van der Waals surface area contributed by atoms with E-state index in [-0.39, 0.29) is 17.4 Å². The Balaban J connectivity index is 1.18. The zero-order valence-electron chi connectivity index (χ0n) is 32.2. The fraction of sp³-hybridized carbons (Fsp3) is 0.381. The van der Waals surface area contributed by atoms with E-state index in [1.54, 1.807) is 37.8 Å². The zero-order chi connectivity index (χ0) is 39.9. The van der Waals surface area contributed by atoms with Crippen LogP contribution in [0.2, 0.25) is 0 Å². The van der Waals surface area contributed by atoms with Gasteiger partial charge in [-0.3, -0.25) is 24.3 Å². The lowest BCUT2D eigenvalue weighted by atomic mass is 10.0. The summed E-state index contributed by atoms with van der Waals surface area (Å²) in [6, 6.07) is 30.3. The highest BCUT2D eigenvalue weighted by atomic mass is 32.2. The van der Waals surface area contributed by atoms with Crippen molar-refractivity contribution in [2.75, 3.05) is 68.8 Å². The summed E-state index contributed by atoms with van der Waals surface area (Å²) in [5.41, 5.74) is 11.7. The number of hydrogen-bond acceptors (Lipinski definition) is 8. The van der Waals surface area contributed by atoms with Gasteiger partial charge in [-0.05, 0) is 83.6 Å². The molecule has 4 aromatic rings. The smallest absolute Gasteiger partial charge is 0.262 e. The number of amides is 2. The van der Waals surface area contributed by atoms with Crippen molar-refractivity contribution in [3.63, 3.8) is 0 Å². The first-order valence-corrected chi connectivity index (χ1v) is 22.5. The number of primary amides is 1. The van der Waals surface area contributed by atoms with Gasteiger partial charge in [0.25, 0.3) is 5.91 Å². The average molecular weight is 801 g/mol. The summed E-state index contributed by atoms with van der Waals surface area (Å²) >= 11 is 0. The molecule has 0 bridgehead atoms. The van der Waals surface area contributed by atoms with Crippen molar-refractivity contribution >= 4 is 43.2 Å². The number of carbonyl (C=O) groups excluding carboxylic acids is 2. The van der Waals surface area contributed by atoms with Gasteiger partial charge < -0.3 is 5.73 Å². The van der Waals surface area contributed by atoms with E-state index < -0.39 is 26.0 Å². The van der Waals surface area contributed by atoms with Crippen LogP contribution in [0, 0.1) is 0 Å². The number of carbonyl (C=O) groups is 2. The van der Waals surface area contributed by atoms with E-state index in [4.69, 9.17) is 5.73 Å². The molecule has 0 saturated carbocycles. The summed E-state index contributed by atoms with van der Waals surface area (Å²) in [4.78, 5) is 32.1. The number of sulfonamides is 2. The van der Waals surface area contributed by atoms with Crippen molar-refractivity contribution in [3.05, 3.63) is 119 Å². The number of nitrogens with two attached hydrogens (primary N) is 1. The molecule has 2 fully saturated rings. The Hall–Kier alpha value is -4.44. The van der Waals surface area contributed by atoms with Crippen molar-refractivity contribution < 1.29 is 26.4 Å². The van der Waals surface area contributed by atoms with Gasteiger partial charge in [0.05, 0.1) is 11.5 Å². The molecule has 2 aliphatic rings. The topological polar surface area (TPSA) is 145 Å². The number of anilines is 2. The summed E-state index contributed by atoms with van der Waals surface area (Å²) in [5.74, 6) is -0.341. The van der Waals surface area contributed by atoms with Gasteiger partial charge in [-0.25, -0.2) is 16.8 Å². The molecule has 2 heterocycles. The lowest BCUT2D eigenvalue weighted by Crippen LogP contribution is -2.48. The number of benzene rings is 4. The summed E-state index contributed by atoms with van der Waals surface area (Å²) in [7, 11) is -6.43. The predicted molar refractivity (Wildman–Crippen MR) is 222 cm³/mol. The van der Waals surface area contributed by atoms with Gasteiger partial charge in [-0.2, -0.15) is 8.61 Å². The molecule has 56 heavy (non-hydrogen) atoms. The third-order valence-corrected chi connectivity index (χ3v) is 14.6. The predicted octanol–water partition coefficient (Wildman–Crippen LogP) is 5.15.